The monoisotopic (exact) mass is 443 g/mol. The molecular weight excluding hydrogens is 414 g/mol. The Morgan fingerprint density at radius 2 is 2.12 bits per heavy atom. The summed E-state index contributed by atoms with van der Waals surface area (Å²) in [4.78, 5) is 35.6. The van der Waals surface area contributed by atoms with Gasteiger partial charge in [0.1, 0.15) is 18.5 Å². The average molecular weight is 444 g/mol. The average Bonchev–Trinajstić information content (AvgIpc) is 2.79. The maximum Gasteiger partial charge on any atom is 0.347 e. The Morgan fingerprint density at radius 1 is 1.34 bits per heavy atom. The number of hydrogen-bond acceptors (Lipinski definition) is 8. The van der Waals surface area contributed by atoms with Crippen LogP contribution in [0.15, 0.2) is 33.9 Å². The van der Waals surface area contributed by atoms with Crippen LogP contribution in [0.25, 0.3) is 0 Å². The molecule has 0 spiro atoms. The van der Waals surface area contributed by atoms with Crippen LogP contribution in [0.3, 0.4) is 0 Å². The van der Waals surface area contributed by atoms with Gasteiger partial charge in [-0.2, -0.15) is 5.26 Å². The Bertz CT molecular complexity index is 1070. The topological polar surface area (TPSA) is 128 Å². The highest BCUT2D eigenvalue weighted by Gasteiger charge is 2.11. The van der Waals surface area contributed by atoms with Gasteiger partial charge in [0, 0.05) is 20.0 Å². The van der Waals surface area contributed by atoms with Crippen molar-refractivity contribution >= 4 is 11.8 Å². The fourth-order valence-corrected chi connectivity index (χ4v) is 2.89. The third-order valence-electron chi connectivity index (χ3n) is 4.61. The molecule has 1 unspecified atom stereocenters. The zero-order valence-electron chi connectivity index (χ0n) is 18.7. The molecule has 10 nitrogen and oxygen atoms in total. The number of nitrogens with zero attached hydrogens (tertiary/aromatic N) is 4. The summed E-state index contributed by atoms with van der Waals surface area (Å²) in [5.74, 6) is 0.514. The number of esters is 1. The molecule has 0 amide bonds. The summed E-state index contributed by atoms with van der Waals surface area (Å²) in [5, 5.41) is 15.7. The molecule has 0 bridgehead atoms. The third kappa shape index (κ3) is 7.27. The zero-order valence-corrected chi connectivity index (χ0v) is 18.7. The number of ether oxygens (including phenoxy) is 2. The number of benzene rings is 1. The lowest BCUT2D eigenvalue weighted by molar-refractivity contribution is -0.145. The van der Waals surface area contributed by atoms with Crippen molar-refractivity contribution in [2.45, 2.75) is 52.2 Å². The lowest BCUT2D eigenvalue weighted by Gasteiger charge is -2.15. The number of nitrogens with one attached hydrogen (secondary N) is 1. The first-order chi connectivity index (χ1) is 15.3. The largest absolute Gasteiger partial charge is 0.487 e. The van der Waals surface area contributed by atoms with E-state index in [4.69, 9.17) is 14.7 Å². The molecule has 1 N–H and O–H groups in total. The van der Waals surface area contributed by atoms with Gasteiger partial charge in [-0.05, 0) is 37.5 Å². The Balaban J connectivity index is 1.89. The zero-order chi connectivity index (χ0) is 23.5. The summed E-state index contributed by atoms with van der Waals surface area (Å²) in [6, 6.07) is 9.61. The van der Waals surface area contributed by atoms with Gasteiger partial charge >= 0.3 is 11.7 Å². The summed E-state index contributed by atoms with van der Waals surface area (Å²) in [6.45, 7) is 4.38. The highest BCUT2D eigenvalue weighted by molar-refractivity contribution is 5.68. The normalized spacial score (nSPS) is 11.4. The maximum atomic E-state index is 12.3. The van der Waals surface area contributed by atoms with E-state index in [9.17, 15) is 14.4 Å². The molecule has 0 aliphatic rings. The van der Waals surface area contributed by atoms with Gasteiger partial charge in [0.25, 0.3) is 5.56 Å². The molecular formula is C22H29N5O5. The Kier molecular flexibility index (Phi) is 9.47. The van der Waals surface area contributed by atoms with Crippen LogP contribution < -0.4 is 21.3 Å². The SMILES string of the molecule is CCC(=O)OCC(C)Oc1cccc(CCCNc2nn(CCC#N)c(=O)n(C)c2=O)c1. The molecule has 0 radical (unpaired) electrons. The molecule has 32 heavy (non-hydrogen) atoms. The maximum absolute atomic E-state index is 12.3. The molecule has 0 saturated heterocycles. The van der Waals surface area contributed by atoms with E-state index in [1.165, 1.54) is 7.05 Å². The Labute approximate surface area is 186 Å². The van der Waals surface area contributed by atoms with Crippen molar-refractivity contribution in [3.05, 3.63) is 50.7 Å². The van der Waals surface area contributed by atoms with E-state index in [1.54, 1.807) is 6.92 Å². The molecule has 1 atom stereocenters. The smallest absolute Gasteiger partial charge is 0.347 e. The minimum absolute atomic E-state index is 0.0811. The van der Waals surface area contributed by atoms with E-state index >= 15 is 0 Å². The summed E-state index contributed by atoms with van der Waals surface area (Å²) >= 11 is 0. The molecule has 10 heteroatoms. The van der Waals surface area contributed by atoms with Gasteiger partial charge in [0.15, 0.2) is 0 Å². The van der Waals surface area contributed by atoms with Gasteiger partial charge in [-0.25, -0.2) is 9.48 Å². The molecule has 172 valence electrons. The molecule has 1 aromatic heterocycles. The summed E-state index contributed by atoms with van der Waals surface area (Å²) < 4.78 is 13.0. The third-order valence-corrected chi connectivity index (χ3v) is 4.61. The summed E-state index contributed by atoms with van der Waals surface area (Å²) in [5.41, 5.74) is 0.00424. The highest BCUT2D eigenvalue weighted by Crippen LogP contribution is 2.16. The number of aromatic nitrogens is 3. The van der Waals surface area contributed by atoms with Gasteiger partial charge in [-0.3, -0.25) is 14.2 Å². The molecule has 0 saturated carbocycles. The second-order valence-electron chi connectivity index (χ2n) is 7.27. The first-order valence-electron chi connectivity index (χ1n) is 10.6. The van der Waals surface area contributed by atoms with E-state index in [1.807, 2.05) is 37.3 Å². The van der Waals surface area contributed by atoms with E-state index in [0.717, 1.165) is 27.7 Å². The van der Waals surface area contributed by atoms with E-state index in [0.29, 0.717) is 18.7 Å². The van der Waals surface area contributed by atoms with Crippen molar-refractivity contribution in [2.75, 3.05) is 18.5 Å². The number of rotatable bonds is 12. The molecule has 0 fully saturated rings. The van der Waals surface area contributed by atoms with Gasteiger partial charge in [-0.1, -0.05) is 19.1 Å². The van der Waals surface area contributed by atoms with Crippen molar-refractivity contribution in [3.63, 3.8) is 0 Å². The van der Waals surface area contributed by atoms with Crippen LogP contribution in [0.1, 0.15) is 38.7 Å². The second kappa shape index (κ2) is 12.3. The summed E-state index contributed by atoms with van der Waals surface area (Å²) in [6.07, 6.45) is 1.65. The van der Waals surface area contributed by atoms with E-state index in [2.05, 4.69) is 10.4 Å². The highest BCUT2D eigenvalue weighted by atomic mass is 16.6. The van der Waals surface area contributed by atoms with Crippen LogP contribution in [0.5, 0.6) is 5.75 Å². The number of carbonyl (C=O) groups excluding carboxylic acids is 1. The minimum Gasteiger partial charge on any atom is -0.487 e. The minimum atomic E-state index is -0.550. The van der Waals surface area contributed by atoms with Crippen molar-refractivity contribution in [1.82, 2.24) is 14.3 Å². The predicted molar refractivity (Wildman–Crippen MR) is 119 cm³/mol. The van der Waals surface area contributed by atoms with Crippen molar-refractivity contribution in [2.24, 2.45) is 7.05 Å². The lowest BCUT2D eigenvalue weighted by atomic mass is 10.1. The number of nitriles is 1. The molecule has 2 aromatic rings. The Morgan fingerprint density at radius 3 is 2.84 bits per heavy atom. The van der Waals surface area contributed by atoms with Crippen molar-refractivity contribution in [1.29, 1.82) is 5.26 Å². The van der Waals surface area contributed by atoms with E-state index in [-0.39, 0.29) is 37.5 Å². The second-order valence-corrected chi connectivity index (χ2v) is 7.27. The molecule has 0 aliphatic carbocycles. The van der Waals surface area contributed by atoms with Gasteiger partial charge in [0.2, 0.25) is 5.82 Å². The molecule has 2 rings (SSSR count). The molecule has 1 heterocycles. The van der Waals surface area contributed by atoms with Crippen LogP contribution in [0.2, 0.25) is 0 Å². The number of anilines is 1. The number of hydrogen-bond donors (Lipinski definition) is 1. The van der Waals surface area contributed by atoms with Crippen LogP contribution in [0.4, 0.5) is 5.82 Å². The first-order valence-corrected chi connectivity index (χ1v) is 10.6. The number of carbonyl (C=O) groups is 1. The van der Waals surface area contributed by atoms with Gasteiger partial charge in [0.05, 0.1) is 19.0 Å². The van der Waals surface area contributed by atoms with Crippen molar-refractivity contribution in [3.8, 4) is 11.8 Å². The quantitative estimate of drug-likeness (QED) is 0.387. The summed E-state index contributed by atoms with van der Waals surface area (Å²) in [7, 11) is 1.39. The first kappa shape index (κ1) is 24.7. The van der Waals surface area contributed by atoms with Crippen LogP contribution in [-0.4, -0.2) is 39.6 Å². The standard InChI is InChI=1S/C22H29N5O5/c1-4-19(28)31-15-16(2)32-18-10-5-8-17(14-18)9-6-12-24-20-21(29)26(3)22(30)27(25-20)13-7-11-23/h5,8,10,14,16H,4,6-7,9,12-13,15H2,1-3H3,(H,24,25). The molecule has 0 aliphatic heterocycles. The fourth-order valence-electron chi connectivity index (χ4n) is 2.89. The van der Waals surface area contributed by atoms with Gasteiger partial charge < -0.3 is 14.8 Å². The van der Waals surface area contributed by atoms with Crippen LogP contribution in [-0.2, 0) is 29.5 Å². The van der Waals surface area contributed by atoms with Crippen molar-refractivity contribution < 1.29 is 14.3 Å². The molecule has 1 aromatic carbocycles. The van der Waals surface area contributed by atoms with Crippen LogP contribution in [0, 0.1) is 11.3 Å². The lowest BCUT2D eigenvalue weighted by Crippen LogP contribution is -2.41. The van der Waals surface area contributed by atoms with Gasteiger partial charge in [-0.15, -0.1) is 5.10 Å². The van der Waals surface area contributed by atoms with Crippen LogP contribution >= 0.6 is 0 Å². The van der Waals surface area contributed by atoms with E-state index < -0.39 is 11.2 Å². The fraction of sp³-hybridized carbons (Fsp3) is 0.500. The number of aryl methyl sites for hydroxylation is 2. The predicted octanol–water partition coefficient (Wildman–Crippen LogP) is 1.62. The Hall–Kier alpha value is -3.61.